The lowest BCUT2D eigenvalue weighted by atomic mass is 10.0. The van der Waals surface area contributed by atoms with Gasteiger partial charge in [-0.2, -0.15) is 0 Å². The van der Waals surface area contributed by atoms with Crippen molar-refractivity contribution in [2.45, 2.75) is 24.9 Å². The molecule has 0 aliphatic carbocycles. The summed E-state index contributed by atoms with van der Waals surface area (Å²) >= 11 is 0. The molecule has 0 radical (unpaired) electrons. The minimum atomic E-state index is -1.32. The minimum absolute atomic E-state index is 0.386. The number of nitrogens with zero attached hydrogens (tertiary/aromatic N) is 1. The fourth-order valence-corrected chi connectivity index (χ4v) is 2.01. The van der Waals surface area contributed by atoms with Gasteiger partial charge in [-0.1, -0.05) is 0 Å². The van der Waals surface area contributed by atoms with Crippen LogP contribution < -0.4 is 0 Å². The van der Waals surface area contributed by atoms with Gasteiger partial charge in [0, 0.05) is 27.9 Å². The first-order valence-corrected chi connectivity index (χ1v) is 4.76. The zero-order chi connectivity index (χ0) is 11.5. The van der Waals surface area contributed by atoms with Crippen molar-refractivity contribution in [3.8, 4) is 0 Å². The van der Waals surface area contributed by atoms with Crippen molar-refractivity contribution in [1.82, 2.24) is 4.90 Å². The van der Waals surface area contributed by atoms with E-state index in [1.54, 1.807) is 0 Å². The number of carbonyl (C=O) groups is 1. The summed E-state index contributed by atoms with van der Waals surface area (Å²) in [7, 11) is 4.34. The third-order valence-corrected chi connectivity index (χ3v) is 2.73. The van der Waals surface area contributed by atoms with Crippen LogP contribution in [0.3, 0.4) is 0 Å². The molecular formula is C9H17NO5. The van der Waals surface area contributed by atoms with E-state index in [0.29, 0.717) is 13.0 Å². The lowest BCUT2D eigenvalue weighted by Crippen LogP contribution is -2.64. The molecule has 15 heavy (non-hydrogen) atoms. The minimum Gasteiger partial charge on any atom is -0.465 e. The van der Waals surface area contributed by atoms with E-state index < -0.39 is 18.1 Å². The summed E-state index contributed by atoms with van der Waals surface area (Å²) in [6.45, 7) is 0.386. The van der Waals surface area contributed by atoms with Gasteiger partial charge in [0.25, 0.3) is 5.91 Å². The summed E-state index contributed by atoms with van der Waals surface area (Å²) in [5.74, 6) is -1.32. The van der Waals surface area contributed by atoms with Crippen LogP contribution in [0, 0.1) is 0 Å². The maximum atomic E-state index is 11.1. The van der Waals surface area contributed by atoms with Gasteiger partial charge in [0.05, 0.1) is 0 Å². The van der Waals surface area contributed by atoms with Gasteiger partial charge in [-0.15, -0.1) is 0 Å². The van der Waals surface area contributed by atoms with Gasteiger partial charge in [-0.3, -0.25) is 4.90 Å². The van der Waals surface area contributed by atoms with Crippen LogP contribution in [0.1, 0.15) is 12.8 Å². The number of amides is 1. The molecule has 1 rings (SSSR count). The first-order valence-electron chi connectivity index (χ1n) is 4.76. The fraction of sp³-hybridized carbons (Fsp3) is 0.889. The van der Waals surface area contributed by atoms with Crippen LogP contribution >= 0.6 is 0 Å². The van der Waals surface area contributed by atoms with Crippen molar-refractivity contribution in [2.24, 2.45) is 0 Å². The Hall–Kier alpha value is -0.850. The Morgan fingerprint density at radius 2 is 2.00 bits per heavy atom. The monoisotopic (exact) mass is 219 g/mol. The van der Waals surface area contributed by atoms with E-state index in [0.717, 1.165) is 11.3 Å². The molecule has 1 N–H and O–H groups in total. The van der Waals surface area contributed by atoms with E-state index in [1.807, 2.05) is 0 Å². The van der Waals surface area contributed by atoms with Gasteiger partial charge in [-0.05, 0) is 12.8 Å². The van der Waals surface area contributed by atoms with E-state index in [4.69, 9.17) is 19.3 Å². The molecule has 1 unspecified atom stereocenters. The molecule has 6 heteroatoms. The summed E-state index contributed by atoms with van der Waals surface area (Å²) in [5, 5.41) is 9.06. The Labute approximate surface area is 88.7 Å². The average molecular weight is 219 g/mol. The molecule has 0 spiro atoms. The molecule has 1 atom stereocenters. The highest BCUT2D eigenvalue weighted by atomic mass is 16.7. The number of hydrogen-bond donors (Lipinski definition) is 1. The second kappa shape index (κ2) is 4.78. The van der Waals surface area contributed by atoms with Crippen molar-refractivity contribution >= 4 is 6.09 Å². The largest absolute Gasteiger partial charge is 0.465 e. The maximum absolute atomic E-state index is 11.1. The van der Waals surface area contributed by atoms with Crippen LogP contribution in [0.4, 0.5) is 4.79 Å². The van der Waals surface area contributed by atoms with Crippen molar-refractivity contribution in [1.29, 1.82) is 0 Å². The van der Waals surface area contributed by atoms with Crippen LogP contribution in [-0.2, 0) is 14.2 Å². The molecule has 0 aromatic carbocycles. The fourth-order valence-electron chi connectivity index (χ4n) is 2.01. The van der Waals surface area contributed by atoms with Crippen molar-refractivity contribution in [3.05, 3.63) is 0 Å². The van der Waals surface area contributed by atoms with Crippen molar-refractivity contribution < 1.29 is 24.1 Å². The SMILES string of the molecule is COC1CCCN(C(=O)O)C1(OC)OC. The number of piperidine rings is 1. The van der Waals surface area contributed by atoms with Gasteiger partial charge in [0.15, 0.2) is 0 Å². The number of carboxylic acid groups (broad SMARTS) is 1. The summed E-state index contributed by atoms with van der Waals surface area (Å²) in [6.07, 6.45) is -0.0286. The van der Waals surface area contributed by atoms with E-state index in [-0.39, 0.29) is 0 Å². The van der Waals surface area contributed by atoms with E-state index in [1.165, 1.54) is 21.3 Å². The van der Waals surface area contributed by atoms with Crippen LogP contribution in [-0.4, -0.2) is 56.0 Å². The number of likely N-dealkylation sites (tertiary alicyclic amines) is 1. The average Bonchev–Trinajstić information content (AvgIpc) is 2.27. The third kappa shape index (κ3) is 1.92. The summed E-state index contributed by atoms with van der Waals surface area (Å²) in [5.41, 5.74) is 0. The lowest BCUT2D eigenvalue weighted by molar-refractivity contribution is -0.339. The molecule has 1 aliphatic heterocycles. The summed E-state index contributed by atoms with van der Waals surface area (Å²) in [4.78, 5) is 12.2. The van der Waals surface area contributed by atoms with Crippen LogP contribution in [0.25, 0.3) is 0 Å². The third-order valence-electron chi connectivity index (χ3n) is 2.73. The normalized spacial score (nSPS) is 25.3. The number of hydrogen-bond acceptors (Lipinski definition) is 4. The number of ether oxygens (including phenoxy) is 3. The second-order valence-electron chi connectivity index (χ2n) is 3.34. The standard InChI is InChI=1S/C9H17NO5/c1-13-7-5-4-6-10(8(11)12)9(7,14-2)15-3/h7H,4-6H2,1-3H3,(H,11,12). The van der Waals surface area contributed by atoms with Crippen molar-refractivity contribution in [3.63, 3.8) is 0 Å². The molecule has 0 bridgehead atoms. The highest BCUT2D eigenvalue weighted by molar-refractivity contribution is 5.66. The predicted octanol–water partition coefficient (Wildman–Crippen LogP) is 0.722. The van der Waals surface area contributed by atoms with Crippen LogP contribution in [0.2, 0.25) is 0 Å². The summed E-state index contributed by atoms with van der Waals surface area (Å²) in [6, 6.07) is 0. The lowest BCUT2D eigenvalue weighted by Gasteiger charge is -2.46. The summed E-state index contributed by atoms with van der Waals surface area (Å²) < 4.78 is 15.6. The first kappa shape index (κ1) is 12.2. The van der Waals surface area contributed by atoms with Gasteiger partial charge in [0.2, 0.25) is 0 Å². The Kier molecular flexibility index (Phi) is 3.90. The molecule has 0 saturated carbocycles. The van der Waals surface area contributed by atoms with Gasteiger partial charge < -0.3 is 19.3 Å². The molecule has 88 valence electrons. The van der Waals surface area contributed by atoms with E-state index >= 15 is 0 Å². The van der Waals surface area contributed by atoms with Gasteiger partial charge in [-0.25, -0.2) is 4.79 Å². The second-order valence-corrected chi connectivity index (χ2v) is 3.34. The molecule has 1 fully saturated rings. The highest BCUT2D eigenvalue weighted by Crippen LogP contribution is 2.31. The molecule has 1 heterocycles. The molecule has 6 nitrogen and oxygen atoms in total. The van der Waals surface area contributed by atoms with Crippen molar-refractivity contribution in [2.75, 3.05) is 27.9 Å². The zero-order valence-corrected chi connectivity index (χ0v) is 9.23. The molecule has 1 aliphatic rings. The number of methoxy groups -OCH3 is 3. The Balaban J connectivity index is 2.99. The van der Waals surface area contributed by atoms with Crippen LogP contribution in [0.15, 0.2) is 0 Å². The predicted molar refractivity (Wildman–Crippen MR) is 51.5 cm³/mol. The maximum Gasteiger partial charge on any atom is 0.411 e. The Bertz CT molecular complexity index is 229. The topological polar surface area (TPSA) is 68.2 Å². The number of rotatable bonds is 3. The molecule has 1 amide bonds. The van der Waals surface area contributed by atoms with E-state index in [9.17, 15) is 4.79 Å². The first-order chi connectivity index (χ1) is 7.12. The van der Waals surface area contributed by atoms with E-state index in [2.05, 4.69) is 0 Å². The molecule has 1 saturated heterocycles. The Morgan fingerprint density at radius 1 is 1.40 bits per heavy atom. The quantitative estimate of drug-likeness (QED) is 0.708. The Morgan fingerprint density at radius 3 is 2.40 bits per heavy atom. The van der Waals surface area contributed by atoms with Crippen LogP contribution in [0.5, 0.6) is 0 Å². The smallest absolute Gasteiger partial charge is 0.411 e. The molecule has 0 aromatic rings. The highest BCUT2D eigenvalue weighted by Gasteiger charge is 2.50. The zero-order valence-electron chi connectivity index (χ0n) is 9.23. The molecular weight excluding hydrogens is 202 g/mol. The van der Waals surface area contributed by atoms with Gasteiger partial charge >= 0.3 is 6.09 Å². The molecule has 0 aromatic heterocycles. The van der Waals surface area contributed by atoms with Gasteiger partial charge in [0.1, 0.15) is 6.10 Å².